The fraction of sp³-hybridized carbons (Fsp3) is 0.422. The van der Waals surface area contributed by atoms with Crippen LogP contribution in [0, 0.1) is 0 Å². The Morgan fingerprint density at radius 1 is 0.852 bits per heavy atom. The number of nitrogens with zero attached hydrogens (tertiary/aromatic N) is 5. The van der Waals surface area contributed by atoms with Gasteiger partial charge in [-0.15, -0.1) is 0 Å². The van der Waals surface area contributed by atoms with Gasteiger partial charge in [0.05, 0.1) is 18.6 Å². The smallest absolute Gasteiger partial charge is 0.490 e. The first-order valence-corrected chi connectivity index (χ1v) is 32.1. The number of phosphoric ester groups is 1. The molecule has 0 spiro atoms. The molecule has 442 valence electrons. The number of anilines is 2. The van der Waals surface area contributed by atoms with E-state index in [0.29, 0.717) is 31.7 Å². The lowest BCUT2D eigenvalue weighted by Crippen LogP contribution is -2.76. The summed E-state index contributed by atoms with van der Waals surface area (Å²) >= 11 is 0. The molecule has 0 saturated carbocycles. The molecule has 2 unspecified atom stereocenters. The van der Waals surface area contributed by atoms with Crippen LogP contribution in [0.1, 0.15) is 69.0 Å². The van der Waals surface area contributed by atoms with Crippen molar-refractivity contribution in [2.75, 3.05) is 57.0 Å². The van der Waals surface area contributed by atoms with Crippen molar-refractivity contribution >= 4 is 89.2 Å². The zero-order valence-electron chi connectivity index (χ0n) is 43.2. The maximum Gasteiger partial charge on any atom is 0.490 e. The number of hydrogen-bond acceptors (Lipinski definition) is 22. The molecule has 81 heavy (non-hydrogen) atoms. The molecular weight excluding hydrogens is 1180 g/mol. The number of phosphoric acid groups is 3. The summed E-state index contributed by atoms with van der Waals surface area (Å²) in [6, 6.07) is 12.0. The van der Waals surface area contributed by atoms with E-state index in [2.05, 4.69) is 49.0 Å². The Morgan fingerprint density at radius 2 is 1.57 bits per heavy atom. The van der Waals surface area contributed by atoms with Gasteiger partial charge < -0.3 is 64.3 Å². The van der Waals surface area contributed by atoms with Crippen LogP contribution >= 0.6 is 23.5 Å². The van der Waals surface area contributed by atoms with Crippen molar-refractivity contribution in [1.29, 1.82) is 0 Å². The van der Waals surface area contributed by atoms with Crippen LogP contribution in [0.2, 0.25) is 0 Å². The molecule has 4 heterocycles. The fourth-order valence-corrected chi connectivity index (χ4v) is 13.6. The maximum atomic E-state index is 14.3. The lowest BCUT2D eigenvalue weighted by molar-refractivity contribution is -0.498. The van der Waals surface area contributed by atoms with E-state index in [4.69, 9.17) is 18.9 Å². The van der Waals surface area contributed by atoms with E-state index in [1.807, 2.05) is 0 Å². The Hall–Kier alpha value is -5.67. The Bertz CT molecular complexity index is 3730. The zero-order chi connectivity index (χ0) is 59.2. The Morgan fingerprint density at radius 3 is 2.25 bits per heavy atom. The molecule has 31 nitrogen and oxygen atoms in total. The molecule has 4 aromatic rings. The highest BCUT2D eigenvalue weighted by Gasteiger charge is 2.47. The topological polar surface area (TPSA) is 465 Å². The SMILES string of the molecule is CCNc1ccc2c(-c3ccccc3C(=O)N(C)CCCC(=O)NCCCCCCNc3ncnc4c3ncn4[C@@H]3O[C@H](COP(=O)(O)OP(=O)(O)OP(=O)(O)O)[C@@H](O)[C@H]3O)c3ccc(=[NH+]CC)c(S(=O)(=O)O)c-3oc2c1S(=O)(=O)[O-]. The predicted molar refractivity (Wildman–Crippen MR) is 282 cm³/mol. The second-order valence-corrected chi connectivity index (χ2v) is 25.2. The largest absolute Gasteiger partial charge is 0.744 e. The van der Waals surface area contributed by atoms with Gasteiger partial charge in [0, 0.05) is 67.8 Å². The number of aliphatic hydroxyl groups excluding tert-OH is 2. The van der Waals surface area contributed by atoms with Crippen molar-refractivity contribution in [2.24, 2.45) is 0 Å². The highest BCUT2D eigenvalue weighted by Crippen LogP contribution is 2.66. The summed E-state index contributed by atoms with van der Waals surface area (Å²) in [5.74, 6) is -0.901. The number of aromatic nitrogens is 4. The number of carbonyl (C=O) groups is 2. The zero-order valence-corrected chi connectivity index (χ0v) is 47.5. The third-order valence-corrected chi connectivity index (χ3v) is 18.0. The minimum atomic E-state index is -5.80. The van der Waals surface area contributed by atoms with Gasteiger partial charge in [0.25, 0.3) is 5.91 Å². The van der Waals surface area contributed by atoms with Gasteiger partial charge in [0.2, 0.25) is 16.2 Å². The number of fused-ring (bicyclic) bond motifs is 3. The van der Waals surface area contributed by atoms with Gasteiger partial charge >= 0.3 is 33.6 Å². The van der Waals surface area contributed by atoms with Gasteiger partial charge in [-0.1, -0.05) is 31.0 Å². The number of amides is 2. The van der Waals surface area contributed by atoms with Gasteiger partial charge in [-0.05, 0) is 62.9 Å². The second kappa shape index (κ2) is 25.9. The van der Waals surface area contributed by atoms with Gasteiger partial charge in [-0.3, -0.25) is 23.2 Å². The quantitative estimate of drug-likeness (QED) is 0.0151. The first-order valence-electron chi connectivity index (χ1n) is 24.7. The molecule has 1 aliphatic carbocycles. The molecule has 2 amide bonds. The number of nitrogens with one attached hydrogen (secondary N) is 4. The van der Waals surface area contributed by atoms with Crippen molar-refractivity contribution in [3.05, 3.63) is 72.1 Å². The summed E-state index contributed by atoms with van der Waals surface area (Å²) in [4.78, 5) is 79.2. The highest BCUT2D eigenvalue weighted by molar-refractivity contribution is 7.86. The van der Waals surface area contributed by atoms with Crippen LogP contribution in [0.5, 0.6) is 0 Å². The Balaban J connectivity index is 0.904. The molecule has 3 aliphatic rings. The van der Waals surface area contributed by atoms with Gasteiger partial charge in [0.15, 0.2) is 34.6 Å². The van der Waals surface area contributed by atoms with Crippen LogP contribution in [0.4, 0.5) is 11.5 Å². The van der Waals surface area contributed by atoms with Gasteiger partial charge in [0.1, 0.15) is 46.2 Å². The normalized spacial score (nSPS) is 18.7. The Kier molecular flexibility index (Phi) is 20.1. The average molecular weight is 1230 g/mol. The van der Waals surface area contributed by atoms with Crippen molar-refractivity contribution in [3.8, 4) is 22.5 Å². The highest BCUT2D eigenvalue weighted by atomic mass is 32.2. The number of rotatable bonds is 27. The molecule has 2 aromatic carbocycles. The Labute approximate surface area is 461 Å². The summed E-state index contributed by atoms with van der Waals surface area (Å²) in [5, 5.41) is 30.2. The lowest BCUT2D eigenvalue weighted by Gasteiger charge is -2.23. The van der Waals surface area contributed by atoms with E-state index < -0.39 is 102 Å². The predicted octanol–water partition coefficient (Wildman–Crippen LogP) is 1.53. The van der Waals surface area contributed by atoms with Crippen LogP contribution in [0.15, 0.2) is 75.4 Å². The number of benzene rings is 3. The molecule has 0 radical (unpaired) electrons. The fourth-order valence-electron chi connectivity index (χ4n) is 8.96. The minimum absolute atomic E-state index is 0.0511. The molecule has 7 rings (SSSR count). The molecule has 1 saturated heterocycles. The summed E-state index contributed by atoms with van der Waals surface area (Å²) in [5.41, 5.74) is 0.323. The minimum Gasteiger partial charge on any atom is -0.744 e. The number of ether oxygens (including phenoxy) is 1. The lowest BCUT2D eigenvalue weighted by atomic mass is 9.90. The van der Waals surface area contributed by atoms with Crippen LogP contribution in [-0.4, -0.2) is 157 Å². The van der Waals surface area contributed by atoms with E-state index in [9.17, 15) is 69.2 Å². The van der Waals surface area contributed by atoms with E-state index in [1.165, 1.54) is 59.5 Å². The van der Waals surface area contributed by atoms with Crippen molar-refractivity contribution < 1.29 is 106 Å². The molecule has 6 atom stereocenters. The second-order valence-electron chi connectivity index (χ2n) is 18.2. The van der Waals surface area contributed by atoms with E-state index in [-0.39, 0.29) is 88.2 Å². The van der Waals surface area contributed by atoms with Crippen molar-refractivity contribution in [1.82, 2.24) is 29.7 Å². The van der Waals surface area contributed by atoms with Gasteiger partial charge in [-0.2, -0.15) is 17.0 Å². The molecule has 1 fully saturated rings. The van der Waals surface area contributed by atoms with Crippen molar-refractivity contribution in [3.63, 3.8) is 0 Å². The van der Waals surface area contributed by atoms with Gasteiger partial charge in [-0.25, -0.2) is 42.1 Å². The summed E-state index contributed by atoms with van der Waals surface area (Å²) in [6.07, 6.45) is -0.763. The van der Waals surface area contributed by atoms with E-state index >= 15 is 0 Å². The summed E-state index contributed by atoms with van der Waals surface area (Å²) in [7, 11) is -25.8. The van der Waals surface area contributed by atoms with Crippen LogP contribution in [0.25, 0.3) is 44.6 Å². The molecule has 2 aromatic heterocycles. The number of aliphatic hydroxyl groups is 2. The van der Waals surface area contributed by atoms with Crippen LogP contribution in [-0.2, 0) is 56.6 Å². The van der Waals surface area contributed by atoms with E-state index in [1.54, 1.807) is 32.0 Å². The number of carbonyl (C=O) groups excluding carboxylic acids is 2. The molecule has 36 heteroatoms. The standard InChI is InChI=1S/C45H58N9O22P3S2/c1-4-46-30-18-16-28-34(29-17-19-31(47-5-2)41(81(69,70)71)39(29)74-38(28)40(30)80(66,67)68)26-13-8-9-14-27(26)44(58)53(3)22-12-15-33(55)48-20-10-6-7-11-21-49-42-35-43(51-24-50-42)54(25-52-35)45-37(57)36(56)32(73-45)23-72-78(62,63)76-79(64,65)75-77(59,60)61/h8-9,13-14,16-19,24-25,32,36-37,45-46,56-57H,4-7,10-12,15,20-23H2,1-3H3,(H,48,55)(H,62,63)(H,64,65)(H,49,50,51)(H2,59,60,61)(H,66,67,68)(H,69,70,71)/t32-,36-,37-,45-/m1/s1. The first kappa shape index (κ1) is 62.9. The molecule has 2 aliphatic heterocycles. The average Bonchev–Trinajstić information content (AvgIpc) is 4.07. The third kappa shape index (κ3) is 15.3. The van der Waals surface area contributed by atoms with Crippen molar-refractivity contribution in [2.45, 2.75) is 86.7 Å². The molecule has 0 bridgehead atoms. The molecular formula is C45H58N9O22P3S2. The van der Waals surface area contributed by atoms with E-state index in [0.717, 1.165) is 12.8 Å². The number of hydrogen-bond donors (Lipinski definition) is 11. The maximum absolute atomic E-state index is 14.3. The van der Waals surface area contributed by atoms with Crippen LogP contribution in [0.3, 0.4) is 0 Å². The first-order chi connectivity index (χ1) is 38.1. The number of imidazole rings is 1. The summed E-state index contributed by atoms with van der Waals surface area (Å²) < 4.78 is 135. The van der Waals surface area contributed by atoms with Crippen LogP contribution < -0.4 is 26.3 Å². The number of unbranched alkanes of at least 4 members (excludes halogenated alkanes) is 3. The monoisotopic (exact) mass is 1230 g/mol. The third-order valence-electron chi connectivity index (χ3n) is 12.4. The molecule has 11 N–H and O–H groups in total. The summed E-state index contributed by atoms with van der Waals surface area (Å²) in [6.45, 7) is 3.70.